The van der Waals surface area contributed by atoms with Crippen molar-refractivity contribution in [2.45, 2.75) is 25.7 Å². The summed E-state index contributed by atoms with van der Waals surface area (Å²) in [5.74, 6) is 0. The van der Waals surface area contributed by atoms with E-state index in [-0.39, 0.29) is 0 Å². The zero-order valence-electron chi connectivity index (χ0n) is 13.8. The molecule has 1 aromatic rings. The molecule has 2 nitrogen and oxygen atoms in total. The predicted molar refractivity (Wildman–Crippen MR) is 95.2 cm³/mol. The van der Waals surface area contributed by atoms with Crippen molar-refractivity contribution in [2.75, 3.05) is 32.1 Å². The molecule has 3 rings (SSSR count). The molecule has 22 heavy (non-hydrogen) atoms. The van der Waals surface area contributed by atoms with Gasteiger partial charge in [0.05, 0.1) is 0 Å². The van der Waals surface area contributed by atoms with Gasteiger partial charge >= 0.3 is 0 Å². The van der Waals surface area contributed by atoms with E-state index in [1.54, 1.807) is 0 Å². The summed E-state index contributed by atoms with van der Waals surface area (Å²) in [4.78, 5) is 4.84. The molecule has 2 heteroatoms. The van der Waals surface area contributed by atoms with Gasteiger partial charge in [-0.15, -0.1) is 0 Å². The van der Waals surface area contributed by atoms with E-state index in [1.165, 1.54) is 28.9 Å². The molecule has 0 unspecified atom stereocenters. The van der Waals surface area contributed by atoms with Crippen molar-refractivity contribution >= 4 is 5.69 Å². The molecule has 2 aliphatic rings. The highest BCUT2D eigenvalue weighted by Crippen LogP contribution is 2.34. The van der Waals surface area contributed by atoms with E-state index in [1.807, 2.05) is 0 Å². The van der Waals surface area contributed by atoms with Crippen LogP contribution < -0.4 is 4.90 Å². The van der Waals surface area contributed by atoms with Crippen LogP contribution in [0, 0.1) is 0 Å². The van der Waals surface area contributed by atoms with Gasteiger partial charge in [0.15, 0.2) is 0 Å². The van der Waals surface area contributed by atoms with Gasteiger partial charge in [-0.2, -0.15) is 0 Å². The second kappa shape index (κ2) is 6.97. The van der Waals surface area contributed by atoms with Crippen LogP contribution in [0.25, 0.3) is 0 Å². The summed E-state index contributed by atoms with van der Waals surface area (Å²) in [6.07, 6.45) is 13.5. The Bertz CT molecular complexity index is 608. The van der Waals surface area contributed by atoms with Crippen molar-refractivity contribution in [3.63, 3.8) is 0 Å². The molecule has 1 aliphatic carbocycles. The Kier molecular flexibility index (Phi) is 4.79. The molecular formula is C20H26N2. The molecule has 116 valence electrons. The number of allylic oxidation sites excluding steroid dienone is 5. The number of rotatable bonds is 4. The number of aryl methyl sites for hydroxylation is 1. The third kappa shape index (κ3) is 3.33. The quantitative estimate of drug-likeness (QED) is 0.822. The van der Waals surface area contributed by atoms with Crippen LogP contribution in [0.3, 0.4) is 0 Å². The van der Waals surface area contributed by atoms with Crippen molar-refractivity contribution in [1.29, 1.82) is 0 Å². The van der Waals surface area contributed by atoms with Crippen LogP contribution >= 0.6 is 0 Å². The highest BCUT2D eigenvalue weighted by atomic mass is 15.2. The van der Waals surface area contributed by atoms with Crippen LogP contribution in [0.15, 0.2) is 59.8 Å². The van der Waals surface area contributed by atoms with Gasteiger partial charge in [-0.3, -0.25) is 0 Å². The van der Waals surface area contributed by atoms with E-state index in [4.69, 9.17) is 0 Å². The highest BCUT2D eigenvalue weighted by molar-refractivity contribution is 5.62. The third-order valence-corrected chi connectivity index (χ3v) is 4.49. The number of nitrogens with zero attached hydrogens (tertiary/aromatic N) is 2. The summed E-state index contributed by atoms with van der Waals surface area (Å²) in [7, 11) is 4.30. The molecule has 0 bridgehead atoms. The first-order valence-electron chi connectivity index (χ1n) is 8.31. The number of para-hydroxylation sites is 1. The first kappa shape index (κ1) is 15.1. The monoisotopic (exact) mass is 294 g/mol. The maximum atomic E-state index is 2.57. The van der Waals surface area contributed by atoms with Crippen LogP contribution in [0.5, 0.6) is 0 Å². The summed E-state index contributed by atoms with van der Waals surface area (Å²) in [6, 6.07) is 8.92. The molecular weight excluding hydrogens is 268 g/mol. The Morgan fingerprint density at radius 1 is 1.09 bits per heavy atom. The molecule has 0 amide bonds. The normalized spacial score (nSPS) is 17.3. The van der Waals surface area contributed by atoms with Crippen molar-refractivity contribution < 1.29 is 0 Å². The van der Waals surface area contributed by atoms with Crippen molar-refractivity contribution in [3.05, 3.63) is 65.4 Å². The van der Waals surface area contributed by atoms with Crippen LogP contribution in [0.1, 0.15) is 24.8 Å². The molecule has 0 saturated carbocycles. The van der Waals surface area contributed by atoms with E-state index in [2.05, 4.69) is 72.5 Å². The van der Waals surface area contributed by atoms with Gasteiger partial charge in [-0.1, -0.05) is 42.5 Å². The number of hydrogen-bond acceptors (Lipinski definition) is 2. The predicted octanol–water partition coefficient (Wildman–Crippen LogP) is 4.16. The second-order valence-electron chi connectivity index (χ2n) is 6.40. The SMILES string of the molecule is CN(C)CCCN1C2=C(C=CC=CC2)CCc2ccccc21. The number of hydrogen-bond donors (Lipinski definition) is 0. The molecule has 0 aromatic heterocycles. The van der Waals surface area contributed by atoms with E-state index in [0.29, 0.717) is 0 Å². The van der Waals surface area contributed by atoms with E-state index < -0.39 is 0 Å². The van der Waals surface area contributed by atoms with Gasteiger partial charge in [0.1, 0.15) is 0 Å². The minimum Gasteiger partial charge on any atom is -0.344 e. The average molecular weight is 294 g/mol. The largest absolute Gasteiger partial charge is 0.344 e. The summed E-state index contributed by atoms with van der Waals surface area (Å²) in [6.45, 7) is 2.22. The lowest BCUT2D eigenvalue weighted by Gasteiger charge is -2.29. The molecule has 1 aromatic carbocycles. The summed E-state index contributed by atoms with van der Waals surface area (Å²) in [5.41, 5.74) is 5.90. The zero-order valence-corrected chi connectivity index (χ0v) is 13.8. The Morgan fingerprint density at radius 3 is 2.82 bits per heavy atom. The maximum Gasteiger partial charge on any atom is 0.0441 e. The average Bonchev–Trinajstić information content (AvgIpc) is 2.81. The Hall–Kier alpha value is -1.80. The summed E-state index contributed by atoms with van der Waals surface area (Å²) < 4.78 is 0. The van der Waals surface area contributed by atoms with E-state index >= 15 is 0 Å². The fourth-order valence-electron chi connectivity index (χ4n) is 3.37. The lowest BCUT2D eigenvalue weighted by Crippen LogP contribution is -2.27. The molecule has 1 aliphatic heterocycles. The van der Waals surface area contributed by atoms with E-state index in [0.717, 1.165) is 32.4 Å². The minimum atomic E-state index is 1.04. The molecule has 0 spiro atoms. The molecule has 0 atom stereocenters. The standard InChI is InChI=1S/C20H26N2/c1-21(2)15-8-16-22-19-11-5-3-4-9-17(19)13-14-18-10-6-7-12-20(18)22/h3-7,9-10,12H,8,11,13-16H2,1-2H3. The van der Waals surface area contributed by atoms with Crippen molar-refractivity contribution in [1.82, 2.24) is 4.90 Å². The molecule has 0 fully saturated rings. The first-order chi connectivity index (χ1) is 10.8. The zero-order chi connectivity index (χ0) is 15.4. The smallest absolute Gasteiger partial charge is 0.0441 e. The Labute approximate surface area is 134 Å². The van der Waals surface area contributed by atoms with Gasteiger partial charge in [-0.25, -0.2) is 0 Å². The summed E-state index contributed by atoms with van der Waals surface area (Å²) in [5, 5.41) is 0. The van der Waals surface area contributed by atoms with Gasteiger partial charge in [0, 0.05) is 24.4 Å². The number of anilines is 1. The minimum absolute atomic E-state index is 1.04. The lowest BCUT2D eigenvalue weighted by molar-refractivity contribution is 0.401. The summed E-state index contributed by atoms with van der Waals surface area (Å²) >= 11 is 0. The molecule has 0 radical (unpaired) electrons. The Morgan fingerprint density at radius 2 is 1.95 bits per heavy atom. The molecule has 0 N–H and O–H groups in total. The fraction of sp³-hybridized carbons (Fsp3) is 0.400. The highest BCUT2D eigenvalue weighted by Gasteiger charge is 2.21. The maximum absolute atomic E-state index is 2.57. The van der Waals surface area contributed by atoms with Crippen LogP contribution in [-0.2, 0) is 6.42 Å². The lowest BCUT2D eigenvalue weighted by atomic mass is 10.0. The first-order valence-corrected chi connectivity index (χ1v) is 8.31. The van der Waals surface area contributed by atoms with Crippen LogP contribution in [0.4, 0.5) is 5.69 Å². The van der Waals surface area contributed by atoms with Gasteiger partial charge in [-0.05, 0) is 57.1 Å². The van der Waals surface area contributed by atoms with Crippen LogP contribution in [0.2, 0.25) is 0 Å². The van der Waals surface area contributed by atoms with Crippen molar-refractivity contribution in [3.8, 4) is 0 Å². The fourth-order valence-corrected chi connectivity index (χ4v) is 3.37. The number of fused-ring (bicyclic) bond motifs is 1. The Balaban J connectivity index is 1.93. The van der Waals surface area contributed by atoms with Gasteiger partial charge in [0.25, 0.3) is 0 Å². The topological polar surface area (TPSA) is 6.48 Å². The second-order valence-corrected chi connectivity index (χ2v) is 6.40. The van der Waals surface area contributed by atoms with E-state index in [9.17, 15) is 0 Å². The van der Waals surface area contributed by atoms with Gasteiger partial charge < -0.3 is 9.80 Å². The van der Waals surface area contributed by atoms with Crippen LogP contribution in [-0.4, -0.2) is 32.1 Å². The molecule has 0 saturated heterocycles. The third-order valence-electron chi connectivity index (χ3n) is 4.49. The number of benzene rings is 1. The van der Waals surface area contributed by atoms with Gasteiger partial charge in [0.2, 0.25) is 0 Å². The molecule has 1 heterocycles. The van der Waals surface area contributed by atoms with Crippen molar-refractivity contribution in [2.24, 2.45) is 0 Å².